The molecule has 0 aromatic carbocycles. The summed E-state index contributed by atoms with van der Waals surface area (Å²) in [4.78, 5) is 13.8. The minimum Gasteiger partial charge on any atom is -0.446 e. The van der Waals surface area contributed by atoms with Gasteiger partial charge in [0.2, 0.25) is 0 Å². The van der Waals surface area contributed by atoms with Gasteiger partial charge < -0.3 is 15.4 Å². The molecule has 0 atom stereocenters. The lowest BCUT2D eigenvalue weighted by molar-refractivity contribution is 0.0292. The minimum absolute atomic E-state index is 0.0577. The summed E-state index contributed by atoms with van der Waals surface area (Å²) < 4.78 is 5.56. The first-order chi connectivity index (χ1) is 7.91. The van der Waals surface area contributed by atoms with Gasteiger partial charge in [0, 0.05) is 18.1 Å². The third-order valence-electron chi connectivity index (χ3n) is 3.31. The fourth-order valence-corrected chi connectivity index (χ4v) is 2.43. The zero-order valence-corrected chi connectivity index (χ0v) is 11.5. The quantitative estimate of drug-likeness (QED) is 0.827. The van der Waals surface area contributed by atoms with E-state index in [1.54, 1.807) is 4.90 Å². The number of carbonyl (C=O) groups is 1. The van der Waals surface area contributed by atoms with Crippen LogP contribution in [0.1, 0.15) is 53.4 Å². The zero-order chi connectivity index (χ0) is 13.0. The van der Waals surface area contributed by atoms with Gasteiger partial charge in [0.05, 0.1) is 0 Å². The van der Waals surface area contributed by atoms with Crippen LogP contribution in [0.15, 0.2) is 0 Å². The van der Waals surface area contributed by atoms with Gasteiger partial charge in [-0.2, -0.15) is 0 Å². The molecule has 4 nitrogen and oxygen atoms in total. The van der Waals surface area contributed by atoms with Crippen LogP contribution < -0.4 is 5.73 Å². The van der Waals surface area contributed by atoms with Crippen LogP contribution in [-0.4, -0.2) is 35.2 Å². The fraction of sp³-hybridized carbons (Fsp3) is 0.923. The predicted octanol–water partition coefficient (Wildman–Crippen LogP) is 2.51. The molecule has 1 fully saturated rings. The molecular weight excluding hydrogens is 216 g/mol. The Hall–Kier alpha value is -0.770. The van der Waals surface area contributed by atoms with Crippen molar-refractivity contribution >= 4 is 6.09 Å². The topological polar surface area (TPSA) is 55.6 Å². The monoisotopic (exact) mass is 242 g/mol. The Balaban J connectivity index is 2.47. The Labute approximate surface area is 104 Å². The van der Waals surface area contributed by atoms with E-state index in [0.29, 0.717) is 0 Å². The molecule has 0 spiro atoms. The van der Waals surface area contributed by atoms with E-state index in [2.05, 4.69) is 0 Å². The molecular formula is C13H26N2O2. The first kappa shape index (κ1) is 14.3. The van der Waals surface area contributed by atoms with Crippen molar-refractivity contribution in [2.24, 2.45) is 5.73 Å². The SMILES string of the molecule is CC(C)N(C(=O)OC1CCC(N)CC1)C(C)C. The first-order valence-electron chi connectivity index (χ1n) is 6.66. The Kier molecular flexibility index (Phi) is 5.25. The van der Waals surface area contributed by atoms with Crippen molar-refractivity contribution in [3.8, 4) is 0 Å². The second-order valence-electron chi connectivity index (χ2n) is 5.52. The summed E-state index contributed by atoms with van der Waals surface area (Å²) >= 11 is 0. The number of carbonyl (C=O) groups excluding carboxylic acids is 1. The van der Waals surface area contributed by atoms with E-state index < -0.39 is 0 Å². The molecule has 0 aliphatic heterocycles. The molecule has 0 radical (unpaired) electrons. The zero-order valence-electron chi connectivity index (χ0n) is 11.5. The molecule has 1 rings (SSSR count). The average Bonchev–Trinajstić information content (AvgIpc) is 2.20. The van der Waals surface area contributed by atoms with E-state index in [1.807, 2.05) is 27.7 Å². The van der Waals surface area contributed by atoms with E-state index in [0.717, 1.165) is 25.7 Å². The van der Waals surface area contributed by atoms with E-state index in [1.165, 1.54) is 0 Å². The summed E-state index contributed by atoms with van der Waals surface area (Å²) in [5.41, 5.74) is 5.83. The molecule has 1 saturated carbocycles. The third-order valence-corrected chi connectivity index (χ3v) is 3.31. The van der Waals surface area contributed by atoms with Crippen LogP contribution in [0.3, 0.4) is 0 Å². The van der Waals surface area contributed by atoms with E-state index >= 15 is 0 Å². The maximum Gasteiger partial charge on any atom is 0.410 e. The highest BCUT2D eigenvalue weighted by molar-refractivity contribution is 5.68. The van der Waals surface area contributed by atoms with Crippen LogP contribution in [0.2, 0.25) is 0 Å². The van der Waals surface area contributed by atoms with Crippen LogP contribution in [0.4, 0.5) is 4.79 Å². The van der Waals surface area contributed by atoms with E-state index in [-0.39, 0.29) is 30.3 Å². The van der Waals surface area contributed by atoms with E-state index in [4.69, 9.17) is 10.5 Å². The fourth-order valence-electron chi connectivity index (χ4n) is 2.43. The Morgan fingerprint density at radius 2 is 1.59 bits per heavy atom. The summed E-state index contributed by atoms with van der Waals surface area (Å²) in [5.74, 6) is 0. The molecule has 0 unspecified atom stereocenters. The maximum absolute atomic E-state index is 12.0. The van der Waals surface area contributed by atoms with Crippen LogP contribution in [0, 0.1) is 0 Å². The second kappa shape index (κ2) is 6.24. The van der Waals surface area contributed by atoms with Crippen molar-refractivity contribution in [3.05, 3.63) is 0 Å². The van der Waals surface area contributed by atoms with Crippen molar-refractivity contribution in [1.82, 2.24) is 4.90 Å². The van der Waals surface area contributed by atoms with Gasteiger partial charge in [-0.1, -0.05) is 0 Å². The summed E-state index contributed by atoms with van der Waals surface area (Å²) in [6.07, 6.45) is 3.59. The Bertz CT molecular complexity index is 238. The van der Waals surface area contributed by atoms with E-state index in [9.17, 15) is 4.79 Å². The van der Waals surface area contributed by atoms with Crippen molar-refractivity contribution in [3.63, 3.8) is 0 Å². The lowest BCUT2D eigenvalue weighted by atomic mass is 9.94. The predicted molar refractivity (Wildman–Crippen MR) is 68.8 cm³/mol. The summed E-state index contributed by atoms with van der Waals surface area (Å²) in [6, 6.07) is 0.637. The lowest BCUT2D eigenvalue weighted by Crippen LogP contribution is -2.44. The van der Waals surface area contributed by atoms with Crippen LogP contribution in [0.5, 0.6) is 0 Å². The number of nitrogens with zero attached hydrogens (tertiary/aromatic N) is 1. The molecule has 4 heteroatoms. The van der Waals surface area contributed by atoms with Crippen molar-refractivity contribution < 1.29 is 9.53 Å². The molecule has 0 aromatic heterocycles. The third kappa shape index (κ3) is 4.19. The molecule has 100 valence electrons. The van der Waals surface area contributed by atoms with Gasteiger partial charge in [-0.15, -0.1) is 0 Å². The van der Waals surface area contributed by atoms with Crippen LogP contribution >= 0.6 is 0 Å². The minimum atomic E-state index is -0.185. The molecule has 2 N–H and O–H groups in total. The van der Waals surface area contributed by atoms with Gasteiger partial charge in [-0.25, -0.2) is 4.79 Å². The molecule has 0 heterocycles. The van der Waals surface area contributed by atoms with Gasteiger partial charge in [0.1, 0.15) is 6.10 Å². The van der Waals surface area contributed by atoms with Gasteiger partial charge in [-0.05, 0) is 53.4 Å². The summed E-state index contributed by atoms with van der Waals surface area (Å²) in [6.45, 7) is 8.05. The second-order valence-corrected chi connectivity index (χ2v) is 5.52. The molecule has 0 saturated heterocycles. The van der Waals surface area contributed by atoms with Gasteiger partial charge >= 0.3 is 6.09 Å². The smallest absolute Gasteiger partial charge is 0.410 e. The van der Waals surface area contributed by atoms with Crippen molar-refractivity contribution in [2.75, 3.05) is 0 Å². The molecule has 0 aromatic rings. The molecule has 17 heavy (non-hydrogen) atoms. The maximum atomic E-state index is 12.0. The van der Waals surface area contributed by atoms with Crippen LogP contribution in [-0.2, 0) is 4.74 Å². The highest BCUT2D eigenvalue weighted by atomic mass is 16.6. The normalized spacial score (nSPS) is 25.1. The highest BCUT2D eigenvalue weighted by Crippen LogP contribution is 2.21. The van der Waals surface area contributed by atoms with Gasteiger partial charge in [0.15, 0.2) is 0 Å². The van der Waals surface area contributed by atoms with Gasteiger partial charge in [0.25, 0.3) is 0 Å². The number of nitrogens with two attached hydrogens (primary N) is 1. The lowest BCUT2D eigenvalue weighted by Gasteiger charge is -2.33. The molecule has 1 aliphatic rings. The Morgan fingerprint density at radius 1 is 1.12 bits per heavy atom. The van der Waals surface area contributed by atoms with Crippen LogP contribution in [0.25, 0.3) is 0 Å². The van der Waals surface area contributed by atoms with Crippen molar-refractivity contribution in [2.45, 2.75) is 77.6 Å². The van der Waals surface area contributed by atoms with Gasteiger partial charge in [-0.3, -0.25) is 0 Å². The first-order valence-corrected chi connectivity index (χ1v) is 6.66. The number of ether oxygens (including phenoxy) is 1. The average molecular weight is 242 g/mol. The molecule has 0 bridgehead atoms. The summed E-state index contributed by atoms with van der Waals surface area (Å²) in [5, 5.41) is 0. The summed E-state index contributed by atoms with van der Waals surface area (Å²) in [7, 11) is 0. The highest BCUT2D eigenvalue weighted by Gasteiger charge is 2.27. The molecule has 1 aliphatic carbocycles. The largest absolute Gasteiger partial charge is 0.446 e. The van der Waals surface area contributed by atoms with Crippen molar-refractivity contribution in [1.29, 1.82) is 0 Å². The number of amides is 1. The number of hydrogen-bond acceptors (Lipinski definition) is 3. The Morgan fingerprint density at radius 3 is 2.00 bits per heavy atom. The number of hydrogen-bond donors (Lipinski definition) is 1. The standard InChI is InChI=1S/C13H26N2O2/c1-9(2)15(10(3)4)13(16)17-12-7-5-11(14)6-8-12/h9-12H,5-8,14H2,1-4H3. The molecule has 1 amide bonds. The number of rotatable bonds is 3.